The molecule has 42 heavy (non-hydrogen) atoms. The fraction of sp³-hybridized carbons (Fsp3) is 0.355. The number of nitrogens with zero attached hydrogens (tertiary/aromatic N) is 2. The van der Waals surface area contributed by atoms with Crippen molar-refractivity contribution in [3.63, 3.8) is 0 Å². The summed E-state index contributed by atoms with van der Waals surface area (Å²) in [7, 11) is -1.17. The SMILES string of the molecule is CCCCNC(=O)[C@H](Cc1ccccc1)N(Cc1ccccc1F)C(=O)CN(c1ccc(OC)cc1OC)S(C)(=O)=O. The lowest BCUT2D eigenvalue weighted by atomic mass is 10.0. The van der Waals surface area contributed by atoms with Crippen LogP contribution in [0.15, 0.2) is 72.8 Å². The average molecular weight is 600 g/mol. The second-order valence-corrected chi connectivity index (χ2v) is 11.7. The zero-order valence-corrected chi connectivity index (χ0v) is 25.2. The standard InChI is InChI=1S/C31H38FN3O6S/c1-5-6-18-33-31(37)28(19-23-12-8-7-9-13-23)34(21-24-14-10-11-15-26(24)32)30(36)22-35(42(4,38)39)27-17-16-25(40-2)20-29(27)41-3/h7-17,20,28H,5-6,18-19,21-22H2,1-4H3,(H,33,37)/t28-/m0/s1. The number of nitrogens with one attached hydrogen (secondary N) is 1. The number of sulfonamides is 1. The molecule has 0 heterocycles. The second-order valence-electron chi connectivity index (χ2n) is 9.77. The van der Waals surface area contributed by atoms with Gasteiger partial charge in [-0.1, -0.05) is 61.9 Å². The van der Waals surface area contributed by atoms with Crippen LogP contribution in [0.3, 0.4) is 0 Å². The molecule has 0 saturated heterocycles. The number of hydrogen-bond donors (Lipinski definition) is 1. The molecule has 1 atom stereocenters. The molecule has 0 aliphatic heterocycles. The first-order valence-corrected chi connectivity index (χ1v) is 15.5. The van der Waals surface area contributed by atoms with E-state index in [1.807, 2.05) is 37.3 Å². The molecular formula is C31H38FN3O6S. The van der Waals surface area contributed by atoms with Crippen molar-refractivity contribution in [1.82, 2.24) is 10.2 Å². The normalized spacial score (nSPS) is 11.8. The van der Waals surface area contributed by atoms with Crippen molar-refractivity contribution in [2.24, 2.45) is 0 Å². The minimum atomic E-state index is -4.01. The van der Waals surface area contributed by atoms with Gasteiger partial charge in [-0.05, 0) is 30.2 Å². The largest absolute Gasteiger partial charge is 0.497 e. The number of rotatable bonds is 15. The van der Waals surface area contributed by atoms with E-state index in [-0.39, 0.29) is 30.0 Å². The van der Waals surface area contributed by atoms with Crippen molar-refractivity contribution in [1.29, 1.82) is 0 Å². The number of anilines is 1. The van der Waals surface area contributed by atoms with Crippen LogP contribution in [0.2, 0.25) is 0 Å². The summed E-state index contributed by atoms with van der Waals surface area (Å²) in [5.41, 5.74) is 1.10. The van der Waals surface area contributed by atoms with E-state index in [2.05, 4.69) is 5.32 Å². The third kappa shape index (κ3) is 8.69. The van der Waals surface area contributed by atoms with Gasteiger partial charge in [-0.15, -0.1) is 0 Å². The summed E-state index contributed by atoms with van der Waals surface area (Å²) in [5.74, 6) is -1.04. The van der Waals surface area contributed by atoms with E-state index in [1.165, 1.54) is 49.5 Å². The van der Waals surface area contributed by atoms with Gasteiger partial charge in [0.25, 0.3) is 0 Å². The molecule has 0 aliphatic rings. The Morgan fingerprint density at radius 2 is 1.67 bits per heavy atom. The van der Waals surface area contributed by atoms with E-state index in [0.717, 1.165) is 29.0 Å². The van der Waals surface area contributed by atoms with Crippen LogP contribution < -0.4 is 19.1 Å². The number of amides is 2. The number of hydrogen-bond acceptors (Lipinski definition) is 6. The van der Waals surface area contributed by atoms with Crippen molar-refractivity contribution < 1.29 is 31.9 Å². The van der Waals surface area contributed by atoms with Gasteiger partial charge in [-0.2, -0.15) is 0 Å². The van der Waals surface area contributed by atoms with Crippen LogP contribution in [0.5, 0.6) is 11.5 Å². The van der Waals surface area contributed by atoms with E-state index in [1.54, 1.807) is 12.1 Å². The molecule has 0 fully saturated rings. The van der Waals surface area contributed by atoms with Gasteiger partial charge in [0.05, 0.1) is 26.2 Å². The molecule has 2 amide bonds. The van der Waals surface area contributed by atoms with E-state index in [0.29, 0.717) is 12.3 Å². The molecule has 1 N–H and O–H groups in total. The van der Waals surface area contributed by atoms with Gasteiger partial charge in [-0.25, -0.2) is 12.8 Å². The monoisotopic (exact) mass is 599 g/mol. The number of ether oxygens (including phenoxy) is 2. The second kappa shape index (κ2) is 15.2. The summed E-state index contributed by atoms with van der Waals surface area (Å²) in [4.78, 5) is 29.0. The van der Waals surface area contributed by atoms with Crippen molar-refractivity contribution >= 4 is 27.5 Å². The van der Waals surface area contributed by atoms with E-state index < -0.39 is 40.2 Å². The number of benzene rings is 3. The predicted octanol–water partition coefficient (Wildman–Crippen LogP) is 4.17. The maximum Gasteiger partial charge on any atom is 0.244 e. The smallest absolute Gasteiger partial charge is 0.244 e. The number of unbranched alkanes of at least 4 members (excludes halogenated alkanes) is 1. The minimum Gasteiger partial charge on any atom is -0.497 e. The molecule has 0 unspecified atom stereocenters. The average Bonchev–Trinajstić information content (AvgIpc) is 2.98. The Labute approximate surface area is 247 Å². The zero-order valence-electron chi connectivity index (χ0n) is 24.4. The summed E-state index contributed by atoms with van der Waals surface area (Å²) >= 11 is 0. The molecule has 0 saturated carbocycles. The van der Waals surface area contributed by atoms with Gasteiger partial charge in [-0.3, -0.25) is 13.9 Å². The first-order valence-electron chi connectivity index (χ1n) is 13.6. The van der Waals surface area contributed by atoms with Crippen LogP contribution in [0.4, 0.5) is 10.1 Å². The summed E-state index contributed by atoms with van der Waals surface area (Å²) in [6.45, 7) is 1.50. The maximum absolute atomic E-state index is 14.9. The lowest BCUT2D eigenvalue weighted by molar-refractivity contribution is -0.140. The number of carbonyl (C=O) groups excluding carboxylic acids is 2. The molecule has 226 valence electrons. The lowest BCUT2D eigenvalue weighted by Gasteiger charge is -2.33. The van der Waals surface area contributed by atoms with Crippen LogP contribution in [-0.4, -0.2) is 64.7 Å². The van der Waals surface area contributed by atoms with E-state index in [9.17, 15) is 22.4 Å². The molecule has 3 aromatic carbocycles. The van der Waals surface area contributed by atoms with Crippen LogP contribution in [0.1, 0.15) is 30.9 Å². The van der Waals surface area contributed by atoms with E-state index >= 15 is 0 Å². The lowest BCUT2D eigenvalue weighted by Crippen LogP contribution is -2.53. The van der Waals surface area contributed by atoms with Crippen LogP contribution in [0, 0.1) is 5.82 Å². The van der Waals surface area contributed by atoms with Crippen LogP contribution in [0.25, 0.3) is 0 Å². The number of carbonyl (C=O) groups is 2. The van der Waals surface area contributed by atoms with Crippen molar-refractivity contribution in [3.8, 4) is 11.5 Å². The third-order valence-corrected chi connectivity index (χ3v) is 7.86. The molecule has 9 nitrogen and oxygen atoms in total. The van der Waals surface area contributed by atoms with Gasteiger partial charge < -0.3 is 19.7 Å². The Morgan fingerprint density at radius 3 is 2.29 bits per heavy atom. The maximum atomic E-state index is 14.9. The van der Waals surface area contributed by atoms with Crippen LogP contribution in [-0.2, 0) is 32.6 Å². The van der Waals surface area contributed by atoms with E-state index in [4.69, 9.17) is 9.47 Å². The van der Waals surface area contributed by atoms with Crippen molar-refractivity contribution in [2.75, 3.05) is 37.9 Å². The summed E-state index contributed by atoms with van der Waals surface area (Å²) < 4.78 is 52.5. The third-order valence-electron chi connectivity index (χ3n) is 6.73. The molecule has 0 aromatic heterocycles. The Kier molecular flexibility index (Phi) is 11.7. The van der Waals surface area contributed by atoms with Crippen LogP contribution >= 0.6 is 0 Å². The highest BCUT2D eigenvalue weighted by Crippen LogP contribution is 2.34. The first kappa shape index (κ1) is 32.4. The zero-order chi connectivity index (χ0) is 30.7. The molecule has 0 spiro atoms. The number of halogens is 1. The molecule has 0 bridgehead atoms. The summed E-state index contributed by atoms with van der Waals surface area (Å²) in [6.07, 6.45) is 2.71. The van der Waals surface area contributed by atoms with Gasteiger partial charge in [0, 0.05) is 31.1 Å². The van der Waals surface area contributed by atoms with Crippen molar-refractivity contribution in [2.45, 2.75) is 38.8 Å². The highest BCUT2D eigenvalue weighted by atomic mass is 32.2. The fourth-order valence-electron chi connectivity index (χ4n) is 4.46. The topological polar surface area (TPSA) is 105 Å². The highest BCUT2D eigenvalue weighted by molar-refractivity contribution is 7.92. The molecule has 11 heteroatoms. The Balaban J connectivity index is 2.08. The Bertz CT molecular complexity index is 1450. The van der Waals surface area contributed by atoms with Gasteiger partial charge >= 0.3 is 0 Å². The molecule has 3 aromatic rings. The van der Waals surface area contributed by atoms with Gasteiger partial charge in [0.2, 0.25) is 21.8 Å². The molecule has 0 radical (unpaired) electrons. The highest BCUT2D eigenvalue weighted by Gasteiger charge is 2.34. The van der Waals surface area contributed by atoms with Crippen molar-refractivity contribution in [3.05, 3.63) is 89.7 Å². The molecule has 0 aliphatic carbocycles. The quantitative estimate of drug-likeness (QED) is 0.263. The predicted molar refractivity (Wildman–Crippen MR) is 161 cm³/mol. The fourth-order valence-corrected chi connectivity index (χ4v) is 5.31. The molecular weight excluding hydrogens is 561 g/mol. The minimum absolute atomic E-state index is 0.118. The summed E-state index contributed by atoms with van der Waals surface area (Å²) in [6, 6.07) is 18.6. The Morgan fingerprint density at radius 1 is 0.976 bits per heavy atom. The van der Waals surface area contributed by atoms with Gasteiger partial charge in [0.1, 0.15) is 29.9 Å². The van der Waals surface area contributed by atoms with Gasteiger partial charge in [0.15, 0.2) is 0 Å². The molecule has 3 rings (SSSR count). The summed E-state index contributed by atoms with van der Waals surface area (Å²) in [5, 5.41) is 2.89. The number of methoxy groups -OCH3 is 2. The first-order chi connectivity index (χ1) is 20.1. The Hall–Kier alpha value is -4.12.